The molecule has 150 valence electrons. The monoisotopic (exact) mass is 375 g/mol. The number of hydrogen-bond donors (Lipinski definition) is 0. The molecule has 0 fully saturated rings. The Morgan fingerprint density at radius 2 is 1.54 bits per heavy atom. The lowest BCUT2D eigenvalue weighted by Crippen LogP contribution is -2.21. The maximum Gasteiger partial charge on any atom is 0.0420 e. The average molecular weight is 376 g/mol. The third kappa shape index (κ3) is 7.84. The van der Waals surface area contributed by atoms with Crippen LogP contribution in [0.1, 0.15) is 34.6 Å². The van der Waals surface area contributed by atoms with Gasteiger partial charge in [-0.1, -0.05) is 74.9 Å². The number of nitrogens with zero attached hydrogens (tertiary/aromatic N) is 1. The number of allylic oxidation sites excluding steroid dienone is 13. The topological polar surface area (TPSA) is 3.24 Å². The number of hydrogen-bond acceptors (Lipinski definition) is 1. The quantitative estimate of drug-likeness (QED) is 0.335. The van der Waals surface area contributed by atoms with Crippen molar-refractivity contribution in [2.75, 3.05) is 13.6 Å². The first-order valence-corrected chi connectivity index (χ1v) is 9.49. The van der Waals surface area contributed by atoms with Crippen molar-refractivity contribution in [3.63, 3.8) is 0 Å². The molecule has 0 spiro atoms. The summed E-state index contributed by atoms with van der Waals surface area (Å²) >= 11 is 0. The van der Waals surface area contributed by atoms with Crippen molar-refractivity contribution in [1.82, 2.24) is 4.90 Å². The minimum atomic E-state index is 0.795. The Morgan fingerprint density at radius 3 is 1.96 bits per heavy atom. The zero-order chi connectivity index (χ0) is 21.9. The predicted octanol–water partition coefficient (Wildman–Crippen LogP) is 7.65. The van der Waals surface area contributed by atoms with E-state index in [-0.39, 0.29) is 0 Å². The molecule has 0 unspecified atom stereocenters. The van der Waals surface area contributed by atoms with E-state index in [2.05, 4.69) is 70.0 Å². The Hall–Kier alpha value is -2.80. The van der Waals surface area contributed by atoms with Gasteiger partial charge < -0.3 is 4.90 Å². The largest absolute Gasteiger partial charge is 0.373 e. The summed E-state index contributed by atoms with van der Waals surface area (Å²) in [6.45, 7) is 31.2. The van der Waals surface area contributed by atoms with Crippen molar-refractivity contribution in [2.24, 2.45) is 0 Å². The second kappa shape index (κ2) is 12.6. The van der Waals surface area contributed by atoms with Gasteiger partial charge in [-0.2, -0.15) is 0 Å². The Bertz CT molecular complexity index is 788. The Kier molecular flexibility index (Phi) is 11.3. The van der Waals surface area contributed by atoms with Gasteiger partial charge in [-0.15, -0.1) is 0 Å². The molecule has 0 aliphatic heterocycles. The van der Waals surface area contributed by atoms with Crippen molar-refractivity contribution >= 4 is 0 Å². The van der Waals surface area contributed by atoms with Crippen LogP contribution in [0.4, 0.5) is 0 Å². The first kappa shape index (κ1) is 25.2. The summed E-state index contributed by atoms with van der Waals surface area (Å²) in [6, 6.07) is 0. The minimum absolute atomic E-state index is 0.795. The van der Waals surface area contributed by atoms with Gasteiger partial charge in [0.1, 0.15) is 0 Å². The Labute approximate surface area is 173 Å². The molecule has 0 radical (unpaired) electrons. The highest BCUT2D eigenvalue weighted by atomic mass is 15.1. The van der Waals surface area contributed by atoms with Gasteiger partial charge in [-0.05, 0) is 68.6 Å². The van der Waals surface area contributed by atoms with Crippen LogP contribution in [-0.4, -0.2) is 18.5 Å². The summed E-state index contributed by atoms with van der Waals surface area (Å²) in [6.07, 6.45) is 13.8. The lowest BCUT2D eigenvalue weighted by atomic mass is 9.90. The SMILES string of the molecule is C=C/C=C\C(=C/C)CN(C)/C(C)=C(C(=C)C)/C(=C\C(=C)/C(C)=C/C=C)C(=C)C. The van der Waals surface area contributed by atoms with Crippen LogP contribution in [-0.2, 0) is 0 Å². The molecule has 28 heavy (non-hydrogen) atoms. The average Bonchev–Trinajstić information content (AvgIpc) is 2.63. The van der Waals surface area contributed by atoms with E-state index < -0.39 is 0 Å². The van der Waals surface area contributed by atoms with Gasteiger partial charge in [-0.25, -0.2) is 0 Å². The Balaban J connectivity index is 6.25. The van der Waals surface area contributed by atoms with E-state index in [0.29, 0.717) is 0 Å². The smallest absolute Gasteiger partial charge is 0.0420 e. The minimum Gasteiger partial charge on any atom is -0.373 e. The lowest BCUT2D eigenvalue weighted by molar-refractivity contribution is 0.454. The maximum absolute atomic E-state index is 4.23. The fourth-order valence-electron chi connectivity index (χ4n) is 2.73. The third-order valence-corrected chi connectivity index (χ3v) is 4.52. The highest BCUT2D eigenvalue weighted by Gasteiger charge is 2.15. The third-order valence-electron chi connectivity index (χ3n) is 4.52. The molecule has 0 N–H and O–H groups in total. The van der Waals surface area contributed by atoms with Crippen LogP contribution in [0.5, 0.6) is 0 Å². The summed E-state index contributed by atoms with van der Waals surface area (Å²) in [5.74, 6) is 0. The van der Waals surface area contributed by atoms with Crippen LogP contribution in [0.25, 0.3) is 0 Å². The van der Waals surface area contributed by atoms with Gasteiger partial charge in [0, 0.05) is 24.9 Å². The van der Waals surface area contributed by atoms with Gasteiger partial charge in [0.05, 0.1) is 0 Å². The zero-order valence-corrected chi connectivity index (χ0v) is 18.7. The summed E-state index contributed by atoms with van der Waals surface area (Å²) in [7, 11) is 2.09. The summed E-state index contributed by atoms with van der Waals surface area (Å²) < 4.78 is 0. The van der Waals surface area contributed by atoms with Gasteiger partial charge in [-0.3, -0.25) is 0 Å². The summed E-state index contributed by atoms with van der Waals surface area (Å²) in [4.78, 5) is 2.23. The first-order chi connectivity index (χ1) is 13.1. The van der Waals surface area contributed by atoms with E-state index in [1.807, 2.05) is 39.8 Å². The molecule has 0 aliphatic carbocycles. The van der Waals surface area contributed by atoms with Crippen molar-refractivity contribution < 1.29 is 0 Å². The van der Waals surface area contributed by atoms with Crippen LogP contribution in [0, 0.1) is 0 Å². The van der Waals surface area contributed by atoms with Crippen LogP contribution in [0.2, 0.25) is 0 Å². The molecule has 1 nitrogen and oxygen atoms in total. The van der Waals surface area contributed by atoms with E-state index in [9.17, 15) is 0 Å². The molecule has 0 aromatic heterocycles. The molecule has 0 aromatic rings. The van der Waals surface area contributed by atoms with Crippen LogP contribution < -0.4 is 0 Å². The van der Waals surface area contributed by atoms with E-state index in [1.54, 1.807) is 12.2 Å². The molecule has 0 aromatic carbocycles. The van der Waals surface area contributed by atoms with Crippen LogP contribution >= 0.6 is 0 Å². The van der Waals surface area contributed by atoms with Gasteiger partial charge >= 0.3 is 0 Å². The molecule has 1 heteroatoms. The fraction of sp³-hybridized carbons (Fsp3) is 0.259. The molecular formula is C27H37N. The van der Waals surface area contributed by atoms with E-state index >= 15 is 0 Å². The molecule has 0 saturated heterocycles. The second-order valence-electron chi connectivity index (χ2n) is 7.00. The molecule has 0 heterocycles. The van der Waals surface area contributed by atoms with Crippen LogP contribution in [0.15, 0.2) is 120 Å². The first-order valence-electron chi connectivity index (χ1n) is 9.49. The highest BCUT2D eigenvalue weighted by molar-refractivity contribution is 5.59. The Morgan fingerprint density at radius 1 is 0.929 bits per heavy atom. The number of rotatable bonds is 11. The second-order valence-corrected chi connectivity index (χ2v) is 7.00. The normalized spacial score (nSPS) is 13.9. The summed E-state index contributed by atoms with van der Waals surface area (Å²) in [5.41, 5.74) is 8.52. The van der Waals surface area contributed by atoms with Crippen LogP contribution in [0.3, 0.4) is 0 Å². The van der Waals surface area contributed by atoms with Crippen molar-refractivity contribution in [1.29, 1.82) is 0 Å². The van der Waals surface area contributed by atoms with Gasteiger partial charge in [0.15, 0.2) is 0 Å². The van der Waals surface area contributed by atoms with Crippen molar-refractivity contribution in [3.05, 3.63) is 120 Å². The molecule has 0 rings (SSSR count). The molecular weight excluding hydrogens is 338 g/mol. The fourth-order valence-corrected chi connectivity index (χ4v) is 2.73. The highest BCUT2D eigenvalue weighted by Crippen LogP contribution is 2.30. The van der Waals surface area contributed by atoms with Gasteiger partial charge in [0.2, 0.25) is 0 Å². The maximum atomic E-state index is 4.23. The zero-order valence-electron chi connectivity index (χ0n) is 18.7. The summed E-state index contributed by atoms with van der Waals surface area (Å²) in [5, 5.41) is 0. The van der Waals surface area contributed by atoms with E-state index in [1.165, 1.54) is 5.57 Å². The van der Waals surface area contributed by atoms with E-state index in [0.717, 1.165) is 45.7 Å². The van der Waals surface area contributed by atoms with Crippen molar-refractivity contribution in [2.45, 2.75) is 34.6 Å². The molecule has 0 amide bonds. The molecule has 0 bridgehead atoms. The number of likely N-dealkylation sites (N-methyl/N-ethyl adjacent to an activating group) is 1. The predicted molar refractivity (Wildman–Crippen MR) is 129 cm³/mol. The van der Waals surface area contributed by atoms with E-state index in [4.69, 9.17) is 0 Å². The molecule has 0 atom stereocenters. The molecule has 0 saturated carbocycles. The van der Waals surface area contributed by atoms with Gasteiger partial charge in [0.25, 0.3) is 0 Å². The lowest BCUT2D eigenvalue weighted by Gasteiger charge is -2.26. The standard InChI is InChI=1S/C27H37N/c1-12-15-17-25(14-3)19-28(11)24(10)27(21(6)7)26(20(4)5)18-23(9)22(8)16-13-2/h12-18H,1-2,4,6,9,19H2,3,5,7-8,10-11H3/b17-15-,22-16+,25-14+,26-18-,27-24+. The van der Waals surface area contributed by atoms with Crippen molar-refractivity contribution in [3.8, 4) is 0 Å². The molecule has 0 aliphatic rings.